The lowest BCUT2D eigenvalue weighted by molar-refractivity contribution is -0.127. The zero-order valence-corrected chi connectivity index (χ0v) is 17.3. The number of nitrogens with zero attached hydrogens (tertiary/aromatic N) is 2. The number of carbonyl (C=O) groups excluding carboxylic acids is 1. The van der Waals surface area contributed by atoms with Crippen LogP contribution in [-0.4, -0.2) is 48.9 Å². The van der Waals surface area contributed by atoms with Gasteiger partial charge >= 0.3 is 0 Å². The second-order valence-electron chi connectivity index (χ2n) is 7.27. The molecule has 2 aromatic carbocycles. The summed E-state index contributed by atoms with van der Waals surface area (Å²) in [5.41, 5.74) is 3.56. The molecule has 0 spiro atoms. The smallest absolute Gasteiger partial charge is 0.243 e. The van der Waals surface area contributed by atoms with Gasteiger partial charge in [-0.25, -0.2) is 4.99 Å². The Morgan fingerprint density at radius 3 is 2.59 bits per heavy atom. The van der Waals surface area contributed by atoms with Crippen molar-refractivity contribution in [1.29, 1.82) is 0 Å². The first kappa shape index (κ1) is 20.5. The summed E-state index contributed by atoms with van der Waals surface area (Å²) in [5, 5.41) is 8.01. The molecule has 6 heteroatoms. The first-order valence-corrected chi connectivity index (χ1v) is 9.89. The third kappa shape index (κ3) is 5.60. The van der Waals surface area contributed by atoms with Gasteiger partial charge in [0.15, 0.2) is 5.96 Å². The van der Waals surface area contributed by atoms with E-state index in [4.69, 9.17) is 0 Å². The lowest BCUT2D eigenvalue weighted by atomic mass is 10.1. The Labute approximate surface area is 172 Å². The van der Waals surface area contributed by atoms with Crippen LogP contribution in [0.3, 0.4) is 0 Å². The van der Waals surface area contributed by atoms with E-state index >= 15 is 0 Å². The van der Waals surface area contributed by atoms with Crippen LogP contribution >= 0.6 is 0 Å². The fourth-order valence-corrected chi connectivity index (χ4v) is 3.12. The Morgan fingerprint density at radius 1 is 1.10 bits per heavy atom. The Bertz CT molecular complexity index is 962. The molecule has 152 valence electrons. The molecule has 0 fully saturated rings. The van der Waals surface area contributed by atoms with Crippen molar-refractivity contribution in [3.05, 3.63) is 71.9 Å². The molecule has 0 aliphatic carbocycles. The van der Waals surface area contributed by atoms with Crippen molar-refractivity contribution in [2.75, 3.05) is 27.2 Å². The van der Waals surface area contributed by atoms with Gasteiger partial charge in [0.05, 0.1) is 6.04 Å². The molecule has 0 radical (unpaired) electrons. The molecule has 0 saturated carbocycles. The highest BCUT2D eigenvalue weighted by atomic mass is 16.2. The molecule has 29 heavy (non-hydrogen) atoms. The summed E-state index contributed by atoms with van der Waals surface area (Å²) < 4.78 is 0. The molecule has 0 aliphatic heterocycles. The minimum atomic E-state index is -0.0323. The summed E-state index contributed by atoms with van der Waals surface area (Å²) in [6.07, 6.45) is 2.91. The number of carbonyl (C=O) groups is 1. The Morgan fingerprint density at radius 2 is 1.83 bits per heavy atom. The topological polar surface area (TPSA) is 72.5 Å². The summed E-state index contributed by atoms with van der Waals surface area (Å²) in [7, 11) is 3.48. The molecule has 1 aromatic heterocycles. The minimum absolute atomic E-state index is 0.0323. The van der Waals surface area contributed by atoms with E-state index in [1.165, 1.54) is 10.9 Å². The Balaban J connectivity index is 1.65. The van der Waals surface area contributed by atoms with E-state index in [2.05, 4.69) is 64.1 Å². The zero-order chi connectivity index (χ0) is 20.6. The van der Waals surface area contributed by atoms with Crippen molar-refractivity contribution >= 4 is 22.8 Å². The van der Waals surface area contributed by atoms with Crippen LogP contribution in [0.25, 0.3) is 10.9 Å². The Kier molecular flexibility index (Phi) is 6.89. The number of aromatic amines is 1. The quantitative estimate of drug-likeness (QED) is 0.428. The minimum Gasteiger partial charge on any atom is -0.361 e. The highest BCUT2D eigenvalue weighted by Gasteiger charge is 2.10. The van der Waals surface area contributed by atoms with Crippen molar-refractivity contribution in [2.45, 2.75) is 19.4 Å². The van der Waals surface area contributed by atoms with Crippen molar-refractivity contribution in [3.8, 4) is 0 Å². The standard InChI is InChI=1S/C23H29N5O/c1-17(18-9-5-4-6-10-18)27-23(26-16-22(29)28(2)3)24-14-13-19-15-25-21-12-8-7-11-20(19)21/h4-12,15,17,25H,13-14,16H2,1-3H3,(H2,24,26,27). The van der Waals surface area contributed by atoms with Crippen LogP contribution in [0, 0.1) is 0 Å². The summed E-state index contributed by atoms with van der Waals surface area (Å²) in [4.78, 5) is 21.3. The predicted molar refractivity (Wildman–Crippen MR) is 119 cm³/mol. The third-order valence-electron chi connectivity index (χ3n) is 4.89. The second kappa shape index (κ2) is 9.78. The maximum Gasteiger partial charge on any atom is 0.243 e. The number of guanidine groups is 1. The number of aromatic nitrogens is 1. The number of H-pyrrole nitrogens is 1. The molecule has 6 nitrogen and oxygen atoms in total. The third-order valence-corrected chi connectivity index (χ3v) is 4.89. The molecule has 1 amide bonds. The van der Waals surface area contributed by atoms with Crippen LogP contribution in [0.5, 0.6) is 0 Å². The summed E-state index contributed by atoms with van der Waals surface area (Å²) >= 11 is 0. The van der Waals surface area contributed by atoms with Gasteiger partial charge in [0.2, 0.25) is 5.91 Å². The summed E-state index contributed by atoms with van der Waals surface area (Å²) in [6.45, 7) is 2.90. The van der Waals surface area contributed by atoms with Gasteiger partial charge < -0.3 is 20.5 Å². The van der Waals surface area contributed by atoms with Crippen LogP contribution in [-0.2, 0) is 11.2 Å². The van der Waals surface area contributed by atoms with Crippen molar-refractivity contribution < 1.29 is 4.79 Å². The van der Waals surface area contributed by atoms with Gasteiger partial charge in [-0.1, -0.05) is 48.5 Å². The number of nitrogens with one attached hydrogen (secondary N) is 3. The molecular weight excluding hydrogens is 362 g/mol. The molecule has 0 saturated heterocycles. The van der Waals surface area contributed by atoms with Crippen LogP contribution < -0.4 is 10.6 Å². The van der Waals surface area contributed by atoms with Gasteiger partial charge in [0, 0.05) is 37.7 Å². The molecule has 0 aliphatic rings. The maximum atomic E-state index is 12.0. The first-order chi connectivity index (χ1) is 14.0. The van der Waals surface area contributed by atoms with E-state index in [1.54, 1.807) is 19.0 Å². The molecule has 1 atom stereocenters. The SMILES string of the molecule is CC(NC(=NCC(=O)N(C)C)NCCc1c[nH]c2ccccc12)c1ccccc1. The van der Waals surface area contributed by atoms with Crippen molar-refractivity contribution in [3.63, 3.8) is 0 Å². The van der Waals surface area contributed by atoms with Gasteiger partial charge in [0.1, 0.15) is 6.54 Å². The normalized spacial score (nSPS) is 12.6. The van der Waals surface area contributed by atoms with Gasteiger partial charge in [0.25, 0.3) is 0 Å². The molecule has 0 bridgehead atoms. The number of amides is 1. The van der Waals surface area contributed by atoms with Crippen LogP contribution in [0.2, 0.25) is 0 Å². The van der Waals surface area contributed by atoms with Crippen LogP contribution in [0.4, 0.5) is 0 Å². The van der Waals surface area contributed by atoms with Crippen molar-refractivity contribution in [1.82, 2.24) is 20.5 Å². The average Bonchev–Trinajstić information content (AvgIpc) is 3.15. The molecular formula is C23H29N5O. The number of hydrogen-bond donors (Lipinski definition) is 3. The van der Waals surface area contributed by atoms with Gasteiger partial charge in [-0.3, -0.25) is 4.79 Å². The highest BCUT2D eigenvalue weighted by molar-refractivity contribution is 5.85. The Hall–Kier alpha value is -3.28. The molecule has 3 aromatic rings. The largest absolute Gasteiger partial charge is 0.361 e. The van der Waals surface area contributed by atoms with E-state index < -0.39 is 0 Å². The highest BCUT2D eigenvalue weighted by Crippen LogP contribution is 2.17. The molecule has 1 unspecified atom stereocenters. The van der Waals surface area contributed by atoms with Gasteiger partial charge in [-0.05, 0) is 30.5 Å². The predicted octanol–water partition coefficient (Wildman–Crippen LogP) is 3.10. The van der Waals surface area contributed by atoms with E-state index in [0.717, 1.165) is 17.5 Å². The second-order valence-corrected chi connectivity index (χ2v) is 7.27. The fourth-order valence-electron chi connectivity index (χ4n) is 3.12. The number of para-hydroxylation sites is 1. The van der Waals surface area contributed by atoms with Crippen LogP contribution in [0.1, 0.15) is 24.1 Å². The molecule has 3 N–H and O–H groups in total. The van der Waals surface area contributed by atoms with Gasteiger partial charge in [-0.15, -0.1) is 0 Å². The van der Waals surface area contributed by atoms with E-state index in [-0.39, 0.29) is 18.5 Å². The molecule has 1 heterocycles. The van der Waals surface area contributed by atoms with Crippen LogP contribution in [0.15, 0.2) is 65.8 Å². The number of aliphatic imine (C=N–C) groups is 1. The zero-order valence-electron chi connectivity index (χ0n) is 17.3. The lowest BCUT2D eigenvalue weighted by Gasteiger charge is -2.19. The average molecular weight is 392 g/mol. The lowest BCUT2D eigenvalue weighted by Crippen LogP contribution is -2.40. The number of likely N-dealkylation sites (N-methyl/N-ethyl adjacent to an activating group) is 1. The fraction of sp³-hybridized carbons (Fsp3) is 0.304. The summed E-state index contributed by atoms with van der Waals surface area (Å²) in [5.74, 6) is 0.603. The molecule has 3 rings (SSSR count). The maximum absolute atomic E-state index is 12.0. The summed E-state index contributed by atoms with van der Waals surface area (Å²) in [6, 6.07) is 18.5. The monoisotopic (exact) mass is 391 g/mol. The first-order valence-electron chi connectivity index (χ1n) is 9.89. The van der Waals surface area contributed by atoms with Gasteiger partial charge in [-0.2, -0.15) is 0 Å². The van der Waals surface area contributed by atoms with Crippen molar-refractivity contribution in [2.24, 2.45) is 4.99 Å². The number of rotatable bonds is 7. The van der Waals surface area contributed by atoms with E-state index in [9.17, 15) is 4.79 Å². The number of fused-ring (bicyclic) bond motifs is 1. The number of hydrogen-bond acceptors (Lipinski definition) is 2. The number of benzene rings is 2. The van der Waals surface area contributed by atoms with E-state index in [0.29, 0.717) is 12.5 Å². The van der Waals surface area contributed by atoms with E-state index in [1.807, 2.05) is 24.3 Å².